The minimum Gasteiger partial charge on any atom is -0.508 e. The Kier molecular flexibility index (Phi) is 5.35. The van der Waals surface area contributed by atoms with Crippen molar-refractivity contribution in [3.63, 3.8) is 0 Å². The van der Waals surface area contributed by atoms with E-state index in [-0.39, 0.29) is 36.8 Å². The summed E-state index contributed by atoms with van der Waals surface area (Å²) in [5.41, 5.74) is 2.47. The maximum absolute atomic E-state index is 13.9. The molecule has 2 saturated heterocycles. The van der Waals surface area contributed by atoms with Gasteiger partial charge in [0.25, 0.3) is 11.8 Å². The molecule has 0 aromatic heterocycles. The number of alkyl halides is 2. The monoisotopic (exact) mass is 578 g/mol. The normalized spacial score (nSPS) is 34.5. The molecule has 3 heterocycles. The highest BCUT2D eigenvalue weighted by Gasteiger charge is 2.76. The van der Waals surface area contributed by atoms with Gasteiger partial charge in [-0.05, 0) is 54.7 Å². The summed E-state index contributed by atoms with van der Waals surface area (Å²) in [7, 11) is 1.36. The van der Waals surface area contributed by atoms with Crippen molar-refractivity contribution in [2.75, 3.05) is 11.9 Å². The number of imide groups is 2. The Labute approximate surface area is 239 Å². The molecular weight excluding hydrogens is 555 g/mol. The molecular formula is C30H24Cl2N2O6. The molecule has 40 heavy (non-hydrogen) atoms. The quantitative estimate of drug-likeness (QED) is 0.329. The van der Waals surface area contributed by atoms with Crippen LogP contribution in [0.3, 0.4) is 0 Å². The van der Waals surface area contributed by atoms with Crippen LogP contribution in [0.25, 0.3) is 0 Å². The second-order valence-electron chi connectivity index (χ2n) is 11.1. The van der Waals surface area contributed by atoms with Gasteiger partial charge in [-0.15, -0.1) is 23.2 Å². The van der Waals surface area contributed by atoms with Gasteiger partial charge in [0, 0.05) is 24.9 Å². The summed E-state index contributed by atoms with van der Waals surface area (Å²) < 4.78 is 5.90. The SMILES string of the molecule is CN1C(=O)[C@]2(Cl)C[C@@H]3C(=CC[C@@H]4C(=O)N(c5ccccc5)C(=O)[C@@H]43)[C@H](C3=COc4ccc(O)cc4C3)[C@]2(Cl)C1=O. The number of ether oxygens (including phenoxy) is 1. The molecule has 2 aliphatic carbocycles. The number of halogens is 2. The van der Waals surface area contributed by atoms with Crippen LogP contribution in [0, 0.1) is 23.7 Å². The Hall–Kier alpha value is -3.62. The number of nitrogens with zero attached hydrogens (tertiary/aromatic N) is 2. The van der Waals surface area contributed by atoms with E-state index >= 15 is 0 Å². The van der Waals surface area contributed by atoms with Gasteiger partial charge in [0.2, 0.25) is 11.8 Å². The van der Waals surface area contributed by atoms with Gasteiger partial charge < -0.3 is 9.84 Å². The molecule has 10 heteroatoms. The van der Waals surface area contributed by atoms with Crippen LogP contribution >= 0.6 is 23.2 Å². The molecule has 4 amide bonds. The van der Waals surface area contributed by atoms with E-state index in [9.17, 15) is 24.3 Å². The number of para-hydroxylation sites is 1. The van der Waals surface area contributed by atoms with Gasteiger partial charge in [-0.1, -0.05) is 29.8 Å². The Balaban J connectivity index is 1.37. The number of benzene rings is 2. The maximum Gasteiger partial charge on any atom is 0.253 e. The second-order valence-corrected chi connectivity index (χ2v) is 12.4. The van der Waals surface area contributed by atoms with Crippen molar-refractivity contribution >= 4 is 52.5 Å². The second kappa shape index (κ2) is 8.44. The van der Waals surface area contributed by atoms with Crippen molar-refractivity contribution < 1.29 is 29.0 Å². The van der Waals surface area contributed by atoms with Crippen molar-refractivity contribution in [3.8, 4) is 11.5 Å². The smallest absolute Gasteiger partial charge is 0.253 e. The van der Waals surface area contributed by atoms with Gasteiger partial charge in [0.15, 0.2) is 9.75 Å². The van der Waals surface area contributed by atoms with Crippen LogP contribution in [0.5, 0.6) is 11.5 Å². The summed E-state index contributed by atoms with van der Waals surface area (Å²) in [6, 6.07) is 13.5. The summed E-state index contributed by atoms with van der Waals surface area (Å²) in [6.07, 6.45) is 3.92. The highest BCUT2D eigenvalue weighted by Crippen LogP contribution is 2.64. The summed E-state index contributed by atoms with van der Waals surface area (Å²) in [5, 5.41) is 10.1. The molecule has 204 valence electrons. The first kappa shape index (κ1) is 25.4. The molecule has 0 unspecified atom stereocenters. The number of phenolic OH excluding ortho intramolecular Hbond substituents is 1. The number of likely N-dealkylation sites (tertiary alicyclic amines) is 1. The minimum absolute atomic E-state index is 0.0556. The number of rotatable bonds is 2. The van der Waals surface area contributed by atoms with Crippen molar-refractivity contribution in [1.29, 1.82) is 0 Å². The number of anilines is 1. The number of phenols is 1. The Bertz CT molecular complexity index is 1590. The van der Waals surface area contributed by atoms with E-state index in [1.807, 2.05) is 6.08 Å². The van der Waals surface area contributed by atoms with Crippen LogP contribution < -0.4 is 9.64 Å². The number of hydrogen-bond acceptors (Lipinski definition) is 6. The lowest BCUT2D eigenvalue weighted by Gasteiger charge is -2.51. The van der Waals surface area contributed by atoms with Gasteiger partial charge in [-0.25, -0.2) is 0 Å². The summed E-state index contributed by atoms with van der Waals surface area (Å²) in [4.78, 5) is 53.2. The molecule has 6 atom stereocenters. The predicted molar refractivity (Wildman–Crippen MR) is 146 cm³/mol. The third kappa shape index (κ3) is 3.09. The molecule has 1 saturated carbocycles. The highest BCUT2D eigenvalue weighted by molar-refractivity contribution is 6.53. The zero-order chi connectivity index (χ0) is 28.1. The van der Waals surface area contributed by atoms with Crippen LogP contribution in [0.2, 0.25) is 0 Å². The first-order valence-electron chi connectivity index (χ1n) is 13.1. The minimum atomic E-state index is -1.87. The van der Waals surface area contributed by atoms with Gasteiger partial charge in [0.1, 0.15) is 11.5 Å². The fraction of sp³-hybridized carbons (Fsp3) is 0.333. The number of amides is 4. The average molecular weight is 579 g/mol. The molecule has 2 aromatic rings. The predicted octanol–water partition coefficient (Wildman–Crippen LogP) is 3.94. The van der Waals surface area contributed by atoms with Crippen LogP contribution in [-0.2, 0) is 25.6 Å². The van der Waals surface area contributed by atoms with Gasteiger partial charge in [0.05, 0.1) is 23.8 Å². The van der Waals surface area contributed by atoms with E-state index in [1.54, 1.807) is 42.5 Å². The fourth-order valence-electron chi connectivity index (χ4n) is 7.39. The number of allylic oxidation sites excluding steroid dienone is 3. The van der Waals surface area contributed by atoms with Crippen molar-refractivity contribution in [1.82, 2.24) is 4.90 Å². The number of carbonyl (C=O) groups excluding carboxylic acids is 4. The van der Waals surface area contributed by atoms with Crippen molar-refractivity contribution in [2.24, 2.45) is 23.7 Å². The largest absolute Gasteiger partial charge is 0.508 e. The fourth-order valence-corrected chi connectivity index (χ4v) is 8.42. The van der Waals surface area contributed by atoms with Gasteiger partial charge in [-0.2, -0.15) is 0 Å². The highest BCUT2D eigenvalue weighted by atomic mass is 35.5. The zero-order valence-corrected chi connectivity index (χ0v) is 22.9. The number of fused-ring (bicyclic) bond motifs is 5. The van der Waals surface area contributed by atoms with Crippen LogP contribution in [-0.4, -0.2) is 50.4 Å². The van der Waals surface area contributed by atoms with E-state index in [0.29, 0.717) is 28.1 Å². The zero-order valence-electron chi connectivity index (χ0n) is 21.3. The van der Waals surface area contributed by atoms with Crippen molar-refractivity contribution in [3.05, 3.63) is 77.6 Å². The lowest BCUT2D eigenvalue weighted by molar-refractivity contribution is -0.138. The molecule has 7 rings (SSSR count). The molecule has 0 spiro atoms. The molecule has 2 aromatic carbocycles. The lowest BCUT2D eigenvalue weighted by atomic mass is 9.56. The Morgan fingerprint density at radius 3 is 2.48 bits per heavy atom. The van der Waals surface area contributed by atoms with Crippen LogP contribution in [0.4, 0.5) is 5.69 Å². The van der Waals surface area contributed by atoms with Gasteiger partial charge in [-0.3, -0.25) is 29.0 Å². The third-order valence-corrected chi connectivity index (χ3v) is 10.6. The first-order valence-corrected chi connectivity index (χ1v) is 13.8. The number of carbonyl (C=O) groups is 4. The lowest BCUT2D eigenvalue weighted by Crippen LogP contribution is -2.61. The van der Waals surface area contributed by atoms with E-state index in [2.05, 4.69) is 0 Å². The molecule has 3 fully saturated rings. The van der Waals surface area contributed by atoms with Crippen LogP contribution in [0.1, 0.15) is 18.4 Å². The van der Waals surface area contributed by atoms with E-state index in [1.165, 1.54) is 24.3 Å². The molecule has 8 nitrogen and oxygen atoms in total. The van der Waals surface area contributed by atoms with Crippen molar-refractivity contribution in [2.45, 2.75) is 29.0 Å². The molecule has 5 aliphatic rings. The third-order valence-electron chi connectivity index (χ3n) is 9.18. The van der Waals surface area contributed by atoms with E-state index in [4.69, 9.17) is 27.9 Å². The maximum atomic E-state index is 13.9. The summed E-state index contributed by atoms with van der Waals surface area (Å²) >= 11 is 14.4. The first-order chi connectivity index (χ1) is 19.1. The average Bonchev–Trinajstić information content (AvgIpc) is 3.28. The summed E-state index contributed by atoms with van der Waals surface area (Å²) in [6.45, 7) is 0. The topological polar surface area (TPSA) is 104 Å². The standard InChI is InChI=1S/C30H24Cl2N2O6/c1-33-27(38)29(31)13-21-19(8-9-20-23(21)26(37)34(25(20)36)17-5-3-2-4-6-17)24(30(29,32)28(33)39)16-11-15-12-18(35)7-10-22(15)40-14-16/h2-8,10,12,14,20-21,23-24,35H,9,11,13H2,1H3/t20-,21+,23-,24-,29+,30-/m0/s1. The van der Waals surface area contributed by atoms with E-state index in [0.717, 1.165) is 4.90 Å². The van der Waals surface area contributed by atoms with Gasteiger partial charge >= 0.3 is 0 Å². The van der Waals surface area contributed by atoms with E-state index < -0.39 is 45.2 Å². The number of aromatic hydroxyl groups is 1. The Morgan fingerprint density at radius 2 is 1.73 bits per heavy atom. The summed E-state index contributed by atoms with van der Waals surface area (Å²) in [5.74, 6) is -4.16. The molecule has 0 bridgehead atoms. The number of hydrogen-bond donors (Lipinski definition) is 1. The Morgan fingerprint density at radius 1 is 0.975 bits per heavy atom. The molecule has 0 radical (unpaired) electrons. The molecule has 1 N–H and O–H groups in total. The molecule has 3 aliphatic heterocycles. The van der Waals surface area contributed by atoms with Crippen LogP contribution in [0.15, 0.2) is 72.0 Å².